The van der Waals surface area contributed by atoms with Crippen molar-refractivity contribution in [1.29, 1.82) is 0 Å². The zero-order valence-corrected chi connectivity index (χ0v) is 11.6. The lowest BCUT2D eigenvalue weighted by atomic mass is 9.84. The summed E-state index contributed by atoms with van der Waals surface area (Å²) in [6.07, 6.45) is 0.924. The number of carbonyl (C=O) groups excluding carboxylic acids is 1. The number of likely N-dealkylation sites (tertiary alicyclic amines) is 1. The highest BCUT2D eigenvalue weighted by atomic mass is 19.1. The van der Waals surface area contributed by atoms with E-state index in [1.165, 1.54) is 11.0 Å². The Labute approximate surface area is 117 Å². The van der Waals surface area contributed by atoms with E-state index in [-0.39, 0.29) is 18.0 Å². The van der Waals surface area contributed by atoms with Gasteiger partial charge in [-0.3, -0.25) is 9.59 Å². The van der Waals surface area contributed by atoms with Crippen molar-refractivity contribution < 1.29 is 19.1 Å². The minimum absolute atomic E-state index is 0.188. The van der Waals surface area contributed by atoms with E-state index >= 15 is 0 Å². The fourth-order valence-electron chi connectivity index (χ4n) is 2.57. The number of aliphatic carboxylic acids is 1. The van der Waals surface area contributed by atoms with Crippen LogP contribution in [0, 0.1) is 18.2 Å². The maximum absolute atomic E-state index is 13.5. The lowest BCUT2D eigenvalue weighted by Gasteiger charge is -2.23. The summed E-state index contributed by atoms with van der Waals surface area (Å²) in [5.74, 6) is -1.60. The second-order valence-electron chi connectivity index (χ2n) is 5.38. The molecule has 1 aromatic carbocycles. The highest BCUT2D eigenvalue weighted by Gasteiger charge is 2.44. The third-order valence-electron chi connectivity index (χ3n) is 4.19. The van der Waals surface area contributed by atoms with Crippen LogP contribution in [-0.4, -0.2) is 35.0 Å². The van der Waals surface area contributed by atoms with E-state index in [9.17, 15) is 19.1 Å². The Morgan fingerprint density at radius 1 is 1.45 bits per heavy atom. The van der Waals surface area contributed by atoms with Crippen LogP contribution in [0.2, 0.25) is 0 Å². The van der Waals surface area contributed by atoms with Crippen LogP contribution in [0.4, 0.5) is 4.39 Å². The monoisotopic (exact) mass is 279 g/mol. The first-order chi connectivity index (χ1) is 9.39. The summed E-state index contributed by atoms with van der Waals surface area (Å²) in [5.41, 5.74) is -0.111. The lowest BCUT2D eigenvalue weighted by molar-refractivity contribution is -0.148. The predicted molar refractivity (Wildman–Crippen MR) is 72.0 cm³/mol. The number of halogens is 1. The number of aryl methyl sites for hydroxylation is 1. The first-order valence-electron chi connectivity index (χ1n) is 6.68. The average molecular weight is 279 g/mol. The van der Waals surface area contributed by atoms with Crippen LogP contribution in [0.1, 0.15) is 35.7 Å². The Hall–Kier alpha value is -1.91. The Morgan fingerprint density at radius 3 is 2.65 bits per heavy atom. The Bertz CT molecular complexity index is 558. The number of amides is 1. The van der Waals surface area contributed by atoms with Crippen molar-refractivity contribution in [3.63, 3.8) is 0 Å². The summed E-state index contributed by atoms with van der Waals surface area (Å²) in [7, 11) is 0. The van der Waals surface area contributed by atoms with Crippen LogP contribution in [0.15, 0.2) is 18.2 Å². The number of carboxylic acids is 1. The number of nitrogens with zero attached hydrogens (tertiary/aromatic N) is 1. The molecule has 0 radical (unpaired) electrons. The fourth-order valence-corrected chi connectivity index (χ4v) is 2.57. The molecule has 1 aliphatic heterocycles. The molecule has 2 rings (SSSR count). The van der Waals surface area contributed by atoms with E-state index in [2.05, 4.69) is 0 Å². The molecule has 20 heavy (non-hydrogen) atoms. The summed E-state index contributed by atoms with van der Waals surface area (Å²) in [6, 6.07) is 4.35. The Balaban J connectivity index is 2.19. The van der Waals surface area contributed by atoms with Crippen LogP contribution in [-0.2, 0) is 4.79 Å². The Kier molecular flexibility index (Phi) is 3.79. The van der Waals surface area contributed by atoms with Gasteiger partial charge in [0, 0.05) is 18.7 Å². The highest BCUT2D eigenvalue weighted by Crippen LogP contribution is 2.34. The molecule has 108 valence electrons. The predicted octanol–water partition coefficient (Wildman–Crippen LogP) is 2.46. The zero-order chi connectivity index (χ0) is 14.9. The number of hydrogen-bond donors (Lipinski definition) is 1. The van der Waals surface area contributed by atoms with Crippen LogP contribution < -0.4 is 0 Å². The SMILES string of the molecule is CCC1(C(=O)O)CCN(C(=O)c2ccc(C)c(F)c2)C1. The minimum atomic E-state index is -0.870. The number of benzene rings is 1. The second kappa shape index (κ2) is 5.23. The lowest BCUT2D eigenvalue weighted by Crippen LogP contribution is -2.36. The number of carbonyl (C=O) groups is 2. The van der Waals surface area contributed by atoms with Gasteiger partial charge in [-0.05, 0) is 37.5 Å². The normalized spacial score (nSPS) is 22.1. The average Bonchev–Trinajstić information content (AvgIpc) is 2.87. The largest absolute Gasteiger partial charge is 0.481 e. The molecule has 1 saturated heterocycles. The number of rotatable bonds is 3. The smallest absolute Gasteiger partial charge is 0.311 e. The van der Waals surface area contributed by atoms with E-state index < -0.39 is 17.2 Å². The van der Waals surface area contributed by atoms with E-state index in [0.29, 0.717) is 24.9 Å². The van der Waals surface area contributed by atoms with Crippen molar-refractivity contribution in [2.45, 2.75) is 26.7 Å². The molecular formula is C15H18FNO3. The van der Waals surface area contributed by atoms with Crippen molar-refractivity contribution in [1.82, 2.24) is 4.90 Å². The molecule has 0 aliphatic carbocycles. The van der Waals surface area contributed by atoms with Crippen molar-refractivity contribution in [2.24, 2.45) is 5.41 Å². The molecule has 5 heteroatoms. The summed E-state index contributed by atoms with van der Waals surface area (Å²) in [4.78, 5) is 25.2. The zero-order valence-electron chi connectivity index (χ0n) is 11.6. The van der Waals surface area contributed by atoms with Crippen LogP contribution >= 0.6 is 0 Å². The molecular weight excluding hydrogens is 261 g/mol. The first kappa shape index (κ1) is 14.5. The minimum Gasteiger partial charge on any atom is -0.481 e. The van der Waals surface area contributed by atoms with Gasteiger partial charge in [0.2, 0.25) is 0 Å². The Morgan fingerprint density at radius 2 is 2.15 bits per heavy atom. The molecule has 1 N–H and O–H groups in total. The molecule has 1 aromatic rings. The standard InChI is InChI=1S/C15H18FNO3/c1-3-15(14(19)20)6-7-17(9-15)13(18)11-5-4-10(2)12(16)8-11/h4-5,8H,3,6-7,9H2,1-2H3,(H,19,20). The van der Waals surface area contributed by atoms with E-state index in [1.807, 2.05) is 6.92 Å². The molecule has 1 aliphatic rings. The molecule has 1 amide bonds. The molecule has 1 fully saturated rings. The maximum atomic E-state index is 13.5. The maximum Gasteiger partial charge on any atom is 0.311 e. The van der Waals surface area contributed by atoms with E-state index in [4.69, 9.17) is 0 Å². The second-order valence-corrected chi connectivity index (χ2v) is 5.38. The van der Waals surface area contributed by atoms with Gasteiger partial charge in [-0.1, -0.05) is 13.0 Å². The van der Waals surface area contributed by atoms with Crippen molar-refractivity contribution in [2.75, 3.05) is 13.1 Å². The van der Waals surface area contributed by atoms with Gasteiger partial charge in [-0.25, -0.2) is 4.39 Å². The van der Waals surface area contributed by atoms with Crippen molar-refractivity contribution in [3.8, 4) is 0 Å². The third kappa shape index (κ3) is 2.40. The number of hydrogen-bond acceptors (Lipinski definition) is 2. The molecule has 0 aromatic heterocycles. The van der Waals surface area contributed by atoms with Crippen molar-refractivity contribution >= 4 is 11.9 Å². The van der Waals surface area contributed by atoms with Gasteiger partial charge in [0.05, 0.1) is 5.41 Å². The summed E-state index contributed by atoms with van der Waals surface area (Å²) in [6.45, 7) is 4.03. The molecule has 0 saturated carbocycles. The molecule has 4 nitrogen and oxygen atoms in total. The summed E-state index contributed by atoms with van der Waals surface area (Å²) < 4.78 is 13.5. The molecule has 1 unspecified atom stereocenters. The van der Waals surface area contributed by atoms with Gasteiger partial charge in [0.1, 0.15) is 5.82 Å². The topological polar surface area (TPSA) is 57.6 Å². The molecule has 0 bridgehead atoms. The van der Waals surface area contributed by atoms with Gasteiger partial charge in [0.25, 0.3) is 5.91 Å². The molecule has 0 spiro atoms. The van der Waals surface area contributed by atoms with E-state index in [1.54, 1.807) is 19.1 Å². The quantitative estimate of drug-likeness (QED) is 0.924. The third-order valence-corrected chi connectivity index (χ3v) is 4.19. The van der Waals surface area contributed by atoms with Crippen LogP contribution in [0.3, 0.4) is 0 Å². The molecule has 1 atom stereocenters. The van der Waals surface area contributed by atoms with Gasteiger partial charge in [0.15, 0.2) is 0 Å². The summed E-state index contributed by atoms with van der Waals surface area (Å²) >= 11 is 0. The van der Waals surface area contributed by atoms with Crippen molar-refractivity contribution in [3.05, 3.63) is 35.1 Å². The van der Waals surface area contributed by atoms with E-state index in [0.717, 1.165) is 0 Å². The number of carboxylic acid groups (broad SMARTS) is 1. The fraction of sp³-hybridized carbons (Fsp3) is 0.467. The summed E-state index contributed by atoms with van der Waals surface area (Å²) in [5, 5.41) is 9.32. The first-order valence-corrected chi connectivity index (χ1v) is 6.68. The molecule has 1 heterocycles. The van der Waals surface area contributed by atoms with Gasteiger partial charge >= 0.3 is 5.97 Å². The van der Waals surface area contributed by atoms with Gasteiger partial charge in [-0.2, -0.15) is 0 Å². The van der Waals surface area contributed by atoms with Crippen LogP contribution in [0.25, 0.3) is 0 Å². The van der Waals surface area contributed by atoms with Gasteiger partial charge in [-0.15, -0.1) is 0 Å². The van der Waals surface area contributed by atoms with Crippen LogP contribution in [0.5, 0.6) is 0 Å². The van der Waals surface area contributed by atoms with Gasteiger partial charge < -0.3 is 10.0 Å². The highest BCUT2D eigenvalue weighted by molar-refractivity contribution is 5.95.